The monoisotopic (exact) mass is 254 g/mol. The Kier molecular flexibility index (Phi) is 3.90. The maximum absolute atomic E-state index is 12.4. The lowest BCUT2D eigenvalue weighted by atomic mass is 10.0. The molecule has 0 aromatic rings. The van der Waals surface area contributed by atoms with Crippen LogP contribution >= 0.6 is 0 Å². The fourth-order valence-corrected chi connectivity index (χ4v) is 2.53. The molecule has 1 saturated carbocycles. The van der Waals surface area contributed by atoms with E-state index in [1.807, 2.05) is 13.8 Å². The molecular weight excluding hydrogens is 232 g/mol. The van der Waals surface area contributed by atoms with Crippen LogP contribution in [-0.4, -0.2) is 48.1 Å². The Balaban J connectivity index is 2.08. The summed E-state index contributed by atoms with van der Waals surface area (Å²) in [5.41, 5.74) is 0. The second-order valence-corrected chi connectivity index (χ2v) is 5.25. The molecule has 1 saturated heterocycles. The van der Waals surface area contributed by atoms with Crippen molar-refractivity contribution in [3.8, 4) is 0 Å². The van der Waals surface area contributed by atoms with Crippen molar-refractivity contribution < 1.29 is 14.3 Å². The summed E-state index contributed by atoms with van der Waals surface area (Å²) in [7, 11) is 0. The van der Waals surface area contributed by atoms with Gasteiger partial charge >= 0.3 is 0 Å². The van der Waals surface area contributed by atoms with Crippen LogP contribution in [0.15, 0.2) is 0 Å². The molecule has 3 atom stereocenters. The quantitative estimate of drug-likeness (QED) is 0.779. The van der Waals surface area contributed by atoms with Crippen LogP contribution in [-0.2, 0) is 14.3 Å². The second-order valence-electron chi connectivity index (χ2n) is 5.25. The molecule has 18 heavy (non-hydrogen) atoms. The summed E-state index contributed by atoms with van der Waals surface area (Å²) in [4.78, 5) is 26.0. The molecule has 2 fully saturated rings. The van der Waals surface area contributed by atoms with Crippen molar-refractivity contribution in [1.29, 1.82) is 0 Å². The van der Waals surface area contributed by atoms with Crippen molar-refractivity contribution in [2.75, 3.05) is 13.2 Å². The highest BCUT2D eigenvalue weighted by Gasteiger charge is 2.46. The molecule has 102 valence electrons. The molecule has 0 aromatic heterocycles. The number of carbonyl (C=O) groups excluding carboxylic acids is 2. The lowest BCUT2D eigenvalue weighted by Crippen LogP contribution is -2.65. The van der Waals surface area contributed by atoms with Crippen LogP contribution in [0.1, 0.15) is 33.6 Å². The summed E-state index contributed by atoms with van der Waals surface area (Å²) in [6, 6.07) is -0.763. The largest absolute Gasteiger partial charge is 0.380 e. The van der Waals surface area contributed by atoms with Gasteiger partial charge in [-0.2, -0.15) is 0 Å². The van der Waals surface area contributed by atoms with E-state index in [4.69, 9.17) is 4.74 Å². The topological polar surface area (TPSA) is 58.6 Å². The third-order valence-corrected chi connectivity index (χ3v) is 3.75. The predicted molar refractivity (Wildman–Crippen MR) is 66.9 cm³/mol. The van der Waals surface area contributed by atoms with Crippen LogP contribution in [0.25, 0.3) is 0 Å². The zero-order valence-corrected chi connectivity index (χ0v) is 11.3. The molecule has 1 aliphatic carbocycles. The van der Waals surface area contributed by atoms with Crippen LogP contribution in [0.3, 0.4) is 0 Å². The molecule has 3 unspecified atom stereocenters. The maximum Gasteiger partial charge on any atom is 0.246 e. The van der Waals surface area contributed by atoms with E-state index in [9.17, 15) is 9.59 Å². The lowest BCUT2D eigenvalue weighted by Gasteiger charge is -2.41. The van der Waals surface area contributed by atoms with E-state index in [-0.39, 0.29) is 23.9 Å². The minimum Gasteiger partial charge on any atom is -0.380 e. The normalized spacial score (nSPS) is 30.3. The van der Waals surface area contributed by atoms with Gasteiger partial charge in [0.15, 0.2) is 0 Å². The average molecular weight is 254 g/mol. The summed E-state index contributed by atoms with van der Waals surface area (Å²) in [5.74, 6) is 0.349. The van der Waals surface area contributed by atoms with E-state index >= 15 is 0 Å². The molecule has 0 aromatic carbocycles. The lowest BCUT2D eigenvalue weighted by molar-refractivity contribution is -0.153. The summed E-state index contributed by atoms with van der Waals surface area (Å²) in [6.45, 7) is 6.75. The number of hydrogen-bond acceptors (Lipinski definition) is 3. The van der Waals surface area contributed by atoms with Crippen molar-refractivity contribution in [3.05, 3.63) is 0 Å². The van der Waals surface area contributed by atoms with Gasteiger partial charge in [0, 0.05) is 6.61 Å². The molecule has 5 nitrogen and oxygen atoms in total. The first-order chi connectivity index (χ1) is 8.56. The van der Waals surface area contributed by atoms with Gasteiger partial charge in [-0.25, -0.2) is 0 Å². The fraction of sp³-hybridized carbons (Fsp3) is 0.846. The van der Waals surface area contributed by atoms with Crippen molar-refractivity contribution in [2.24, 2.45) is 5.92 Å². The summed E-state index contributed by atoms with van der Waals surface area (Å²) >= 11 is 0. The number of rotatable bonds is 5. The number of nitrogens with zero attached hydrogens (tertiary/aromatic N) is 1. The summed E-state index contributed by atoms with van der Waals surface area (Å²) in [5, 5.41) is 2.85. The van der Waals surface area contributed by atoms with Crippen molar-refractivity contribution in [1.82, 2.24) is 10.2 Å². The molecular formula is C13H22N2O3. The first kappa shape index (κ1) is 13.3. The highest BCUT2D eigenvalue weighted by atomic mass is 16.5. The standard InChI is InChI=1S/C13H22N2O3/c1-4-18-7-8(2)15-9(3)12(16)14-11(13(15)17)10-5-6-10/h8-11H,4-7H2,1-3H3,(H,14,16). The predicted octanol–water partition coefficient (Wildman–Crippen LogP) is 0.537. The third-order valence-electron chi connectivity index (χ3n) is 3.75. The highest BCUT2D eigenvalue weighted by molar-refractivity contribution is 5.97. The Labute approximate surface area is 108 Å². The minimum absolute atomic E-state index is 0.0464. The van der Waals surface area contributed by atoms with E-state index in [1.165, 1.54) is 0 Å². The van der Waals surface area contributed by atoms with E-state index < -0.39 is 6.04 Å². The zero-order chi connectivity index (χ0) is 13.3. The van der Waals surface area contributed by atoms with Crippen LogP contribution in [0.5, 0.6) is 0 Å². The van der Waals surface area contributed by atoms with Gasteiger partial charge in [-0.05, 0) is 39.5 Å². The first-order valence-electron chi connectivity index (χ1n) is 6.76. The Hall–Kier alpha value is -1.10. The van der Waals surface area contributed by atoms with Gasteiger partial charge < -0.3 is 15.0 Å². The fourth-order valence-electron chi connectivity index (χ4n) is 2.53. The molecule has 0 radical (unpaired) electrons. The molecule has 5 heteroatoms. The third kappa shape index (κ3) is 2.51. The van der Waals surface area contributed by atoms with Gasteiger partial charge in [0.05, 0.1) is 12.6 Å². The number of nitrogens with one attached hydrogen (secondary N) is 1. The van der Waals surface area contributed by atoms with Crippen molar-refractivity contribution >= 4 is 11.8 Å². The molecule has 1 N–H and O–H groups in total. The first-order valence-corrected chi connectivity index (χ1v) is 6.76. The number of hydrogen-bond donors (Lipinski definition) is 1. The van der Waals surface area contributed by atoms with Crippen molar-refractivity contribution in [3.63, 3.8) is 0 Å². The van der Waals surface area contributed by atoms with Gasteiger partial charge in [-0.15, -0.1) is 0 Å². The van der Waals surface area contributed by atoms with Gasteiger partial charge in [0.25, 0.3) is 0 Å². The SMILES string of the molecule is CCOCC(C)N1C(=O)C(C2CC2)NC(=O)C1C. The van der Waals surface area contributed by atoms with Gasteiger partial charge in [0.2, 0.25) is 11.8 Å². The van der Waals surface area contributed by atoms with Gasteiger partial charge in [0.1, 0.15) is 12.1 Å². The highest BCUT2D eigenvalue weighted by Crippen LogP contribution is 2.35. The van der Waals surface area contributed by atoms with E-state index in [0.717, 1.165) is 12.8 Å². The van der Waals surface area contributed by atoms with E-state index in [2.05, 4.69) is 5.32 Å². The van der Waals surface area contributed by atoms with Crippen LogP contribution in [0.4, 0.5) is 0 Å². The number of carbonyl (C=O) groups is 2. The number of amides is 2. The van der Waals surface area contributed by atoms with Gasteiger partial charge in [-0.3, -0.25) is 9.59 Å². The Bertz CT molecular complexity index is 341. The van der Waals surface area contributed by atoms with Crippen LogP contribution in [0, 0.1) is 5.92 Å². The molecule has 1 heterocycles. The second kappa shape index (κ2) is 5.26. The maximum atomic E-state index is 12.4. The molecule has 1 aliphatic heterocycles. The van der Waals surface area contributed by atoms with Gasteiger partial charge in [-0.1, -0.05) is 0 Å². The average Bonchev–Trinajstić information content (AvgIpc) is 3.15. The summed E-state index contributed by atoms with van der Waals surface area (Å²) < 4.78 is 5.37. The molecule has 0 spiro atoms. The Morgan fingerprint density at radius 2 is 2.11 bits per heavy atom. The molecule has 0 bridgehead atoms. The smallest absolute Gasteiger partial charge is 0.246 e. The Morgan fingerprint density at radius 3 is 2.67 bits per heavy atom. The van der Waals surface area contributed by atoms with E-state index in [1.54, 1.807) is 11.8 Å². The zero-order valence-electron chi connectivity index (χ0n) is 11.3. The number of piperazine rings is 1. The minimum atomic E-state index is -0.400. The number of ether oxygens (including phenoxy) is 1. The van der Waals surface area contributed by atoms with Crippen LogP contribution < -0.4 is 5.32 Å². The van der Waals surface area contributed by atoms with Crippen molar-refractivity contribution in [2.45, 2.75) is 51.7 Å². The van der Waals surface area contributed by atoms with E-state index in [0.29, 0.717) is 19.1 Å². The molecule has 2 amide bonds. The van der Waals surface area contributed by atoms with Crippen LogP contribution in [0.2, 0.25) is 0 Å². The molecule has 2 rings (SSSR count). The summed E-state index contributed by atoms with van der Waals surface area (Å²) in [6.07, 6.45) is 2.08. The molecule has 2 aliphatic rings. The Morgan fingerprint density at radius 1 is 1.44 bits per heavy atom.